The molecule has 2 rings (SSSR count). The Balaban J connectivity index is 2.44. The molecule has 2 aromatic rings. The lowest BCUT2D eigenvalue weighted by Crippen LogP contribution is -2.15. The Kier molecular flexibility index (Phi) is 4.27. The Labute approximate surface area is 130 Å². The predicted molar refractivity (Wildman–Crippen MR) is 80.6 cm³/mol. The van der Waals surface area contributed by atoms with Gasteiger partial charge in [-0.15, -0.1) is 0 Å². The van der Waals surface area contributed by atoms with E-state index in [1.54, 1.807) is 6.92 Å². The fourth-order valence-corrected chi connectivity index (χ4v) is 3.37. The number of aromatic nitrogens is 1. The minimum atomic E-state index is -4.02. The van der Waals surface area contributed by atoms with E-state index < -0.39 is 15.8 Å². The van der Waals surface area contributed by atoms with Gasteiger partial charge in [0.25, 0.3) is 10.0 Å². The van der Waals surface area contributed by atoms with Gasteiger partial charge < -0.3 is 5.73 Å². The second-order valence-corrected chi connectivity index (χ2v) is 6.64. The van der Waals surface area contributed by atoms with Gasteiger partial charge in [0.2, 0.25) is 0 Å². The van der Waals surface area contributed by atoms with Crippen molar-refractivity contribution in [3.05, 3.63) is 46.0 Å². The number of nitrogen functional groups attached to an aromatic ring is 1. The highest BCUT2D eigenvalue weighted by Crippen LogP contribution is 2.29. The van der Waals surface area contributed by atoms with Crippen LogP contribution in [0.3, 0.4) is 0 Å². The molecule has 1 aromatic carbocycles. The van der Waals surface area contributed by atoms with Crippen molar-refractivity contribution in [2.75, 3.05) is 10.5 Å². The van der Waals surface area contributed by atoms with Gasteiger partial charge in [0.15, 0.2) is 5.15 Å². The fourth-order valence-electron chi connectivity index (χ4n) is 1.59. The van der Waals surface area contributed by atoms with E-state index >= 15 is 0 Å². The number of hydrogen-bond donors (Lipinski definition) is 2. The zero-order valence-corrected chi connectivity index (χ0v) is 13.0. The average molecular weight is 350 g/mol. The summed E-state index contributed by atoms with van der Waals surface area (Å²) in [6.45, 7) is 1.61. The molecule has 0 amide bonds. The monoisotopic (exact) mass is 349 g/mol. The van der Waals surface area contributed by atoms with Gasteiger partial charge in [-0.1, -0.05) is 23.2 Å². The Morgan fingerprint density at radius 1 is 1.29 bits per heavy atom. The molecule has 0 unspecified atom stereocenters. The molecule has 0 atom stereocenters. The first-order valence-corrected chi connectivity index (χ1v) is 7.85. The van der Waals surface area contributed by atoms with Gasteiger partial charge in [-0.2, -0.15) is 0 Å². The summed E-state index contributed by atoms with van der Waals surface area (Å²) in [5.74, 6) is -0.824. The second kappa shape index (κ2) is 5.67. The van der Waals surface area contributed by atoms with Crippen molar-refractivity contribution >= 4 is 44.6 Å². The number of rotatable bonds is 3. The van der Waals surface area contributed by atoms with Gasteiger partial charge in [-0.25, -0.2) is 17.8 Å². The number of hydrogen-bond acceptors (Lipinski definition) is 4. The first-order valence-electron chi connectivity index (χ1n) is 5.61. The quantitative estimate of drug-likeness (QED) is 0.658. The van der Waals surface area contributed by atoms with E-state index in [0.29, 0.717) is 5.56 Å². The summed E-state index contributed by atoms with van der Waals surface area (Å²) in [5.41, 5.74) is 5.74. The van der Waals surface area contributed by atoms with Crippen LogP contribution in [0, 0.1) is 12.7 Å². The molecule has 1 aromatic heterocycles. The van der Waals surface area contributed by atoms with Crippen LogP contribution in [0.4, 0.5) is 15.8 Å². The third kappa shape index (κ3) is 3.37. The minimum Gasteiger partial charge on any atom is -0.396 e. The molecule has 0 aliphatic rings. The Hall–Kier alpha value is -1.57. The normalized spacial score (nSPS) is 11.4. The number of nitrogens with two attached hydrogens (primary N) is 1. The third-order valence-corrected chi connectivity index (χ3v) is 4.47. The van der Waals surface area contributed by atoms with Crippen LogP contribution in [0.2, 0.25) is 10.3 Å². The zero-order chi connectivity index (χ0) is 15.8. The summed E-state index contributed by atoms with van der Waals surface area (Å²) < 4.78 is 40.1. The van der Waals surface area contributed by atoms with E-state index in [2.05, 4.69) is 9.71 Å². The number of aryl methyl sites for hydroxylation is 1. The predicted octanol–water partition coefficient (Wildman–Crippen LogP) is 3.22. The highest BCUT2D eigenvalue weighted by molar-refractivity contribution is 7.92. The van der Waals surface area contributed by atoms with Crippen molar-refractivity contribution in [1.29, 1.82) is 0 Å². The first kappa shape index (κ1) is 15.8. The topological polar surface area (TPSA) is 85.1 Å². The summed E-state index contributed by atoms with van der Waals surface area (Å²) >= 11 is 11.6. The molecule has 0 saturated heterocycles. The maximum absolute atomic E-state index is 13.4. The molecule has 1 heterocycles. The maximum Gasteiger partial charge on any atom is 0.262 e. The Bertz CT molecular complexity index is 789. The standard InChI is InChI=1S/C12H10Cl2FN3O2S/c1-6-4-10(13)17-12(14)11(6)18-21(19,20)7-2-3-9(16)8(15)5-7/h2-5,18H,16H2,1H3. The average Bonchev–Trinajstić information content (AvgIpc) is 2.37. The maximum atomic E-state index is 13.4. The van der Waals surface area contributed by atoms with Crippen LogP contribution < -0.4 is 10.5 Å². The molecule has 0 aliphatic carbocycles. The molecule has 0 bridgehead atoms. The van der Waals surface area contributed by atoms with Crippen molar-refractivity contribution in [3.63, 3.8) is 0 Å². The third-order valence-electron chi connectivity index (χ3n) is 2.66. The molecule has 3 N–H and O–H groups in total. The number of nitrogens with zero attached hydrogens (tertiary/aromatic N) is 1. The van der Waals surface area contributed by atoms with Crippen molar-refractivity contribution in [2.24, 2.45) is 0 Å². The molecule has 0 radical (unpaired) electrons. The molecular formula is C12H10Cl2FN3O2S. The van der Waals surface area contributed by atoms with E-state index in [4.69, 9.17) is 28.9 Å². The number of pyridine rings is 1. The van der Waals surface area contributed by atoms with Crippen LogP contribution in [0.5, 0.6) is 0 Å². The van der Waals surface area contributed by atoms with Gasteiger partial charge in [-0.3, -0.25) is 4.72 Å². The van der Waals surface area contributed by atoms with Gasteiger partial charge >= 0.3 is 0 Å². The van der Waals surface area contributed by atoms with Crippen LogP contribution in [0.1, 0.15) is 5.56 Å². The highest BCUT2D eigenvalue weighted by Gasteiger charge is 2.19. The van der Waals surface area contributed by atoms with Gasteiger partial charge in [-0.05, 0) is 36.8 Å². The van der Waals surface area contributed by atoms with Crippen molar-refractivity contribution in [2.45, 2.75) is 11.8 Å². The minimum absolute atomic E-state index is 0.0818. The Morgan fingerprint density at radius 3 is 2.52 bits per heavy atom. The number of anilines is 2. The van der Waals surface area contributed by atoms with Crippen molar-refractivity contribution in [1.82, 2.24) is 4.98 Å². The van der Waals surface area contributed by atoms with E-state index in [1.807, 2.05) is 0 Å². The fraction of sp³-hybridized carbons (Fsp3) is 0.0833. The molecule has 0 saturated carbocycles. The second-order valence-electron chi connectivity index (χ2n) is 4.22. The van der Waals surface area contributed by atoms with Crippen LogP contribution >= 0.6 is 23.2 Å². The van der Waals surface area contributed by atoms with Crippen molar-refractivity contribution < 1.29 is 12.8 Å². The smallest absolute Gasteiger partial charge is 0.262 e. The van der Waals surface area contributed by atoms with Crippen LogP contribution in [0.25, 0.3) is 0 Å². The lowest BCUT2D eigenvalue weighted by molar-refractivity contribution is 0.596. The molecular weight excluding hydrogens is 340 g/mol. The number of nitrogens with one attached hydrogen (secondary N) is 1. The molecule has 112 valence electrons. The van der Waals surface area contributed by atoms with Gasteiger partial charge in [0.05, 0.1) is 16.3 Å². The summed E-state index contributed by atoms with van der Waals surface area (Å²) in [6.07, 6.45) is 0. The summed E-state index contributed by atoms with van der Waals surface area (Å²) in [4.78, 5) is 3.48. The molecule has 0 spiro atoms. The SMILES string of the molecule is Cc1cc(Cl)nc(Cl)c1NS(=O)(=O)c1ccc(N)c(F)c1. The van der Waals surface area contributed by atoms with E-state index in [-0.39, 0.29) is 26.6 Å². The lowest BCUT2D eigenvalue weighted by atomic mass is 10.3. The molecule has 5 nitrogen and oxygen atoms in total. The van der Waals surface area contributed by atoms with Gasteiger partial charge in [0.1, 0.15) is 11.0 Å². The summed E-state index contributed by atoms with van der Waals surface area (Å²) in [6, 6.07) is 4.63. The largest absolute Gasteiger partial charge is 0.396 e. The van der Waals surface area contributed by atoms with Gasteiger partial charge in [0, 0.05) is 0 Å². The van der Waals surface area contributed by atoms with E-state index in [1.165, 1.54) is 18.2 Å². The zero-order valence-electron chi connectivity index (χ0n) is 10.7. The molecule has 9 heteroatoms. The highest BCUT2D eigenvalue weighted by atomic mass is 35.5. The first-order chi connectivity index (χ1) is 9.70. The summed E-state index contributed by atoms with van der Waals surface area (Å²) in [5, 5.41) is 0.0402. The Morgan fingerprint density at radius 2 is 1.95 bits per heavy atom. The van der Waals surface area contributed by atoms with Crippen LogP contribution in [-0.2, 0) is 10.0 Å². The van der Waals surface area contributed by atoms with Crippen LogP contribution in [-0.4, -0.2) is 13.4 Å². The lowest BCUT2D eigenvalue weighted by Gasteiger charge is -2.12. The van der Waals surface area contributed by atoms with Crippen molar-refractivity contribution in [3.8, 4) is 0 Å². The summed E-state index contributed by atoms with van der Waals surface area (Å²) in [7, 11) is -4.02. The molecule has 0 fully saturated rings. The molecule has 0 aliphatic heterocycles. The number of halogens is 3. The van der Waals surface area contributed by atoms with E-state index in [0.717, 1.165) is 6.07 Å². The van der Waals surface area contributed by atoms with Crippen LogP contribution in [0.15, 0.2) is 29.2 Å². The number of benzene rings is 1. The van der Waals surface area contributed by atoms with E-state index in [9.17, 15) is 12.8 Å². The number of sulfonamides is 1. The molecule has 21 heavy (non-hydrogen) atoms.